The number of aliphatic hydroxyl groups is 1. The predicted molar refractivity (Wildman–Crippen MR) is 176 cm³/mol. The number of ether oxygens (including phenoxy) is 1. The summed E-state index contributed by atoms with van der Waals surface area (Å²) in [5.41, 5.74) is 2.51. The van der Waals surface area contributed by atoms with Gasteiger partial charge < -0.3 is 30.2 Å². The molecule has 1 aromatic heterocycles. The zero-order valence-corrected chi connectivity index (χ0v) is 28.5. The number of hydrogen-bond acceptors (Lipinski definition) is 8. The summed E-state index contributed by atoms with van der Waals surface area (Å²) in [6, 6.07) is 13.3. The number of anilines is 2. The highest BCUT2D eigenvalue weighted by Gasteiger charge is 2.66. The SMILES string of the molecule is C[C@@H]1[C@@H]([Si](C)(C)O)[C@H](CCn2cc(CCO)nn2)O[C@@]12C(=O)N(Cc1ccc(NC(=O)[C@H]3CCCN3)cc1)c1ccc(Br)cc12. The molecular weight excluding hydrogens is 656 g/mol. The first kappa shape index (κ1) is 32.0. The van der Waals surface area contributed by atoms with Gasteiger partial charge in [-0.3, -0.25) is 14.3 Å². The van der Waals surface area contributed by atoms with Crippen molar-refractivity contribution in [3.63, 3.8) is 0 Å². The second kappa shape index (κ2) is 12.7. The van der Waals surface area contributed by atoms with Gasteiger partial charge in [0.2, 0.25) is 5.91 Å². The number of benzene rings is 2. The number of carbonyl (C=O) groups excluding carboxylic acids is 2. The fourth-order valence-corrected chi connectivity index (χ4v) is 10.4. The van der Waals surface area contributed by atoms with Crippen LogP contribution in [0.1, 0.15) is 43.0 Å². The average Bonchev–Trinajstić information content (AvgIpc) is 3.78. The van der Waals surface area contributed by atoms with Gasteiger partial charge in [-0.25, -0.2) is 0 Å². The molecule has 0 unspecified atom stereocenters. The van der Waals surface area contributed by atoms with Crippen LogP contribution in [0.2, 0.25) is 18.6 Å². The minimum Gasteiger partial charge on any atom is -0.432 e. The van der Waals surface area contributed by atoms with Crippen LogP contribution in [0.5, 0.6) is 0 Å². The Morgan fingerprint density at radius 3 is 2.71 bits per heavy atom. The molecule has 4 N–H and O–H groups in total. The highest BCUT2D eigenvalue weighted by Crippen LogP contribution is 2.60. The van der Waals surface area contributed by atoms with Crippen LogP contribution < -0.4 is 15.5 Å². The average molecular weight is 698 g/mol. The first-order valence-electron chi connectivity index (χ1n) is 15.7. The van der Waals surface area contributed by atoms with Gasteiger partial charge >= 0.3 is 0 Å². The maximum absolute atomic E-state index is 14.6. The monoisotopic (exact) mass is 696 g/mol. The molecule has 13 heteroatoms. The molecule has 240 valence electrons. The summed E-state index contributed by atoms with van der Waals surface area (Å²) in [4.78, 5) is 40.5. The van der Waals surface area contributed by atoms with E-state index in [1.54, 1.807) is 9.58 Å². The molecule has 45 heavy (non-hydrogen) atoms. The van der Waals surface area contributed by atoms with Crippen LogP contribution in [0.3, 0.4) is 0 Å². The summed E-state index contributed by atoms with van der Waals surface area (Å²) < 4.78 is 9.50. The van der Waals surface area contributed by atoms with Crippen LogP contribution in [-0.2, 0) is 39.4 Å². The summed E-state index contributed by atoms with van der Waals surface area (Å²) in [5, 5.41) is 23.8. The third-order valence-electron chi connectivity index (χ3n) is 9.48. The Hall–Kier alpha value is -2.94. The minimum atomic E-state index is -2.80. The Balaban J connectivity index is 1.26. The first-order valence-corrected chi connectivity index (χ1v) is 19.5. The number of rotatable bonds is 10. The maximum Gasteiger partial charge on any atom is 0.264 e. The second-order valence-electron chi connectivity index (χ2n) is 13.0. The van der Waals surface area contributed by atoms with Crippen LogP contribution >= 0.6 is 15.9 Å². The lowest BCUT2D eigenvalue weighted by Crippen LogP contribution is -2.46. The van der Waals surface area contributed by atoms with Gasteiger partial charge in [0.25, 0.3) is 5.91 Å². The zero-order chi connectivity index (χ0) is 31.9. The van der Waals surface area contributed by atoms with E-state index >= 15 is 0 Å². The molecule has 0 aliphatic carbocycles. The Labute approximate surface area is 272 Å². The van der Waals surface area contributed by atoms with Crippen molar-refractivity contribution in [3.8, 4) is 0 Å². The largest absolute Gasteiger partial charge is 0.432 e. The van der Waals surface area contributed by atoms with Crippen molar-refractivity contribution in [3.05, 3.63) is 70.0 Å². The number of aromatic nitrogens is 3. The Morgan fingerprint density at radius 2 is 2.02 bits per heavy atom. The van der Waals surface area contributed by atoms with Gasteiger partial charge in [0.05, 0.1) is 30.1 Å². The molecule has 2 saturated heterocycles. The molecule has 6 rings (SSSR count). The van der Waals surface area contributed by atoms with E-state index in [0.29, 0.717) is 31.6 Å². The molecular formula is C32H41BrN6O5Si. The van der Waals surface area contributed by atoms with Gasteiger partial charge in [0, 0.05) is 53.0 Å². The highest BCUT2D eigenvalue weighted by molar-refractivity contribution is 9.10. The number of amides is 2. The van der Waals surface area contributed by atoms with Crippen LogP contribution in [0, 0.1) is 5.92 Å². The molecule has 3 aromatic rings. The quantitative estimate of drug-likeness (QED) is 0.235. The van der Waals surface area contributed by atoms with Gasteiger partial charge in [-0.05, 0) is 74.8 Å². The summed E-state index contributed by atoms with van der Waals surface area (Å²) in [6.45, 7) is 7.58. The van der Waals surface area contributed by atoms with Crippen molar-refractivity contribution in [2.24, 2.45) is 5.92 Å². The van der Waals surface area contributed by atoms with E-state index in [-0.39, 0.29) is 42.0 Å². The molecule has 0 saturated carbocycles. The number of aryl methyl sites for hydroxylation is 1. The molecule has 4 heterocycles. The normalized spacial score (nSPS) is 26.2. The van der Waals surface area contributed by atoms with E-state index in [9.17, 15) is 19.5 Å². The third-order valence-corrected chi connectivity index (χ3v) is 12.5. The van der Waals surface area contributed by atoms with Crippen LogP contribution in [0.4, 0.5) is 11.4 Å². The summed E-state index contributed by atoms with van der Waals surface area (Å²) >= 11 is 3.62. The fraction of sp³-hybridized carbons (Fsp3) is 0.500. The van der Waals surface area contributed by atoms with Crippen LogP contribution in [0.15, 0.2) is 53.1 Å². The van der Waals surface area contributed by atoms with Crippen molar-refractivity contribution >= 4 is 47.4 Å². The lowest BCUT2D eigenvalue weighted by molar-refractivity contribution is -0.146. The number of aliphatic hydroxyl groups excluding tert-OH is 1. The van der Waals surface area contributed by atoms with E-state index in [2.05, 4.69) is 36.9 Å². The third kappa shape index (κ3) is 6.13. The Bertz CT molecular complexity index is 1560. The van der Waals surface area contributed by atoms with Gasteiger partial charge in [0.15, 0.2) is 13.9 Å². The number of nitrogens with one attached hydrogen (secondary N) is 2. The number of fused-ring (bicyclic) bond motifs is 2. The lowest BCUT2D eigenvalue weighted by Gasteiger charge is -2.32. The Morgan fingerprint density at radius 1 is 1.24 bits per heavy atom. The molecule has 2 fully saturated rings. The zero-order valence-electron chi connectivity index (χ0n) is 25.9. The fourth-order valence-electron chi connectivity index (χ4n) is 7.43. The molecule has 1 spiro atoms. The lowest BCUT2D eigenvalue weighted by atomic mass is 9.82. The molecule has 2 amide bonds. The van der Waals surface area contributed by atoms with E-state index in [1.807, 2.05) is 68.7 Å². The maximum atomic E-state index is 14.6. The van der Waals surface area contributed by atoms with E-state index < -0.39 is 13.9 Å². The van der Waals surface area contributed by atoms with E-state index in [0.717, 1.165) is 46.4 Å². The summed E-state index contributed by atoms with van der Waals surface area (Å²) in [6.07, 6.45) is 4.27. The van der Waals surface area contributed by atoms with Crippen LogP contribution in [-0.4, -0.2) is 70.3 Å². The van der Waals surface area contributed by atoms with Crippen molar-refractivity contribution in [2.75, 3.05) is 23.4 Å². The second-order valence-corrected chi connectivity index (χ2v) is 17.9. The standard InChI is InChI=1S/C32H41BrN6O5Si/c1-20-29(45(2,3)43)28(12-15-38-19-24(13-16-40)36-37-38)44-32(20)25-17-22(33)8-11-27(25)39(31(32)42)18-21-6-9-23(10-7-21)35-30(41)26-5-4-14-34-26/h6-11,17,19-20,26,28-29,34,40,43H,4-5,12-16,18H2,1-3H3,(H,35,41)/t20-,26-,28+,29-,32+/m1/s1. The molecule has 0 radical (unpaired) electrons. The van der Waals surface area contributed by atoms with Gasteiger partial charge in [-0.1, -0.05) is 40.2 Å². The summed E-state index contributed by atoms with van der Waals surface area (Å²) in [7, 11) is -2.80. The van der Waals surface area contributed by atoms with Crippen molar-refractivity contribution in [2.45, 2.75) is 82.1 Å². The summed E-state index contributed by atoms with van der Waals surface area (Å²) in [5.74, 6) is -0.440. The van der Waals surface area contributed by atoms with Gasteiger partial charge in [0.1, 0.15) is 0 Å². The number of hydrogen-bond donors (Lipinski definition) is 4. The Kier molecular flexibility index (Phi) is 9.03. The minimum absolute atomic E-state index is 0.00324. The van der Waals surface area contributed by atoms with Gasteiger partial charge in [-0.15, -0.1) is 5.10 Å². The van der Waals surface area contributed by atoms with E-state index in [1.165, 1.54) is 0 Å². The predicted octanol–water partition coefficient (Wildman–Crippen LogP) is 3.70. The molecule has 3 aliphatic heterocycles. The number of nitrogens with zero attached hydrogens (tertiary/aromatic N) is 4. The molecule has 11 nitrogen and oxygen atoms in total. The number of carbonyl (C=O) groups is 2. The highest BCUT2D eigenvalue weighted by atomic mass is 79.9. The topological polar surface area (TPSA) is 142 Å². The molecule has 0 bridgehead atoms. The number of halogens is 1. The smallest absolute Gasteiger partial charge is 0.264 e. The van der Waals surface area contributed by atoms with Crippen LogP contribution in [0.25, 0.3) is 0 Å². The van der Waals surface area contributed by atoms with Crippen molar-refractivity contribution in [1.29, 1.82) is 0 Å². The van der Waals surface area contributed by atoms with E-state index in [4.69, 9.17) is 4.74 Å². The molecule has 3 aliphatic rings. The first-order chi connectivity index (χ1) is 21.5. The molecule has 5 atom stereocenters. The molecule has 2 aromatic carbocycles. The van der Waals surface area contributed by atoms with Crippen molar-refractivity contribution in [1.82, 2.24) is 20.3 Å². The van der Waals surface area contributed by atoms with Crippen molar-refractivity contribution < 1.29 is 24.2 Å². The van der Waals surface area contributed by atoms with Gasteiger partial charge in [-0.2, -0.15) is 0 Å².